The van der Waals surface area contributed by atoms with Gasteiger partial charge >= 0.3 is 0 Å². The van der Waals surface area contributed by atoms with Crippen LogP contribution in [-0.2, 0) is 0 Å². The minimum absolute atomic E-state index is 0.113. The minimum Gasteiger partial charge on any atom is -0.320 e. The lowest BCUT2D eigenvalue weighted by molar-refractivity contribution is -0.384. The second-order valence-electron chi connectivity index (χ2n) is 4.07. The Morgan fingerprint density at radius 3 is 2.80 bits per heavy atom. The van der Waals surface area contributed by atoms with E-state index in [1.807, 2.05) is 29.5 Å². The van der Waals surface area contributed by atoms with E-state index in [2.05, 4.69) is 10.3 Å². The summed E-state index contributed by atoms with van der Waals surface area (Å²) in [6, 6.07) is 5.95. The number of rotatable bonds is 3. The van der Waals surface area contributed by atoms with Gasteiger partial charge in [0.1, 0.15) is 0 Å². The summed E-state index contributed by atoms with van der Waals surface area (Å²) in [6.45, 7) is 1.84. The number of nitro benzene ring substituents is 1. The molecule has 2 rings (SSSR count). The second kappa shape index (κ2) is 5.95. The molecule has 6 nitrogen and oxygen atoms in total. The van der Waals surface area contributed by atoms with Crippen LogP contribution in [0.3, 0.4) is 0 Å². The number of aryl methyl sites for hydroxylation is 1. The summed E-state index contributed by atoms with van der Waals surface area (Å²) in [6.07, 6.45) is 3.17. The van der Waals surface area contributed by atoms with Crippen LogP contribution in [-0.4, -0.2) is 15.8 Å². The quantitative estimate of drug-likeness (QED) is 0.501. The highest BCUT2D eigenvalue weighted by Crippen LogP contribution is 2.21. The molecule has 0 spiro atoms. The van der Waals surface area contributed by atoms with Gasteiger partial charge in [-0.05, 0) is 47.2 Å². The van der Waals surface area contributed by atoms with Crippen molar-refractivity contribution in [3.8, 4) is 0 Å². The fourth-order valence-electron chi connectivity index (χ4n) is 1.59. The topological polar surface area (TPSA) is 85.1 Å². The number of hydrogen-bond acceptors (Lipinski definition) is 4. The van der Waals surface area contributed by atoms with Crippen molar-refractivity contribution in [2.75, 3.05) is 5.32 Å². The predicted molar refractivity (Wildman–Crippen MR) is 82.7 cm³/mol. The van der Waals surface area contributed by atoms with Crippen LogP contribution < -0.4 is 5.32 Å². The molecule has 7 heteroatoms. The standard InChI is InChI=1S/C13H10IN3O3/c1-8-4-5-15-7-12(8)16-13(18)10-6-9(17(19)20)2-3-11(10)14/h2-7H,1H3,(H,16,18). The molecule has 0 unspecified atom stereocenters. The molecule has 0 bridgehead atoms. The number of nitrogens with zero attached hydrogens (tertiary/aromatic N) is 2. The van der Waals surface area contributed by atoms with E-state index in [0.717, 1.165) is 5.56 Å². The Labute approximate surface area is 128 Å². The molecule has 1 aromatic heterocycles. The summed E-state index contributed by atoms with van der Waals surface area (Å²) in [5.41, 5.74) is 1.61. The molecule has 1 aromatic carbocycles. The molecular formula is C13H10IN3O3. The molecule has 0 saturated carbocycles. The smallest absolute Gasteiger partial charge is 0.270 e. The number of nitrogens with one attached hydrogen (secondary N) is 1. The number of halogens is 1. The van der Waals surface area contributed by atoms with Gasteiger partial charge in [0.25, 0.3) is 11.6 Å². The van der Waals surface area contributed by atoms with Crippen LogP contribution in [0.25, 0.3) is 0 Å². The van der Waals surface area contributed by atoms with E-state index < -0.39 is 10.8 Å². The Kier molecular flexibility index (Phi) is 4.28. The first kappa shape index (κ1) is 14.4. The van der Waals surface area contributed by atoms with E-state index in [9.17, 15) is 14.9 Å². The molecule has 2 aromatic rings. The van der Waals surface area contributed by atoms with Crippen LogP contribution in [0.15, 0.2) is 36.7 Å². The van der Waals surface area contributed by atoms with Crippen molar-refractivity contribution in [1.82, 2.24) is 4.98 Å². The number of carbonyl (C=O) groups is 1. The van der Waals surface area contributed by atoms with Crippen LogP contribution in [0.5, 0.6) is 0 Å². The van der Waals surface area contributed by atoms with Gasteiger partial charge in [0.2, 0.25) is 0 Å². The number of nitro groups is 1. The van der Waals surface area contributed by atoms with Crippen LogP contribution >= 0.6 is 22.6 Å². The Hall–Kier alpha value is -2.03. The van der Waals surface area contributed by atoms with E-state index in [4.69, 9.17) is 0 Å². The summed E-state index contributed by atoms with van der Waals surface area (Å²) < 4.78 is 0.646. The monoisotopic (exact) mass is 383 g/mol. The summed E-state index contributed by atoms with van der Waals surface area (Å²) in [5, 5.41) is 13.5. The lowest BCUT2D eigenvalue weighted by atomic mass is 10.1. The highest BCUT2D eigenvalue weighted by atomic mass is 127. The lowest BCUT2D eigenvalue weighted by Crippen LogP contribution is -2.14. The SMILES string of the molecule is Cc1ccncc1NC(=O)c1cc([N+](=O)[O-])ccc1I. The molecule has 0 radical (unpaired) electrons. The molecule has 1 heterocycles. The van der Waals surface area contributed by atoms with Crippen LogP contribution in [0, 0.1) is 20.6 Å². The maximum Gasteiger partial charge on any atom is 0.270 e. The third-order valence-corrected chi connectivity index (χ3v) is 3.63. The van der Waals surface area contributed by atoms with Gasteiger partial charge in [-0.15, -0.1) is 0 Å². The number of aromatic nitrogens is 1. The van der Waals surface area contributed by atoms with Gasteiger partial charge in [0.05, 0.1) is 22.4 Å². The van der Waals surface area contributed by atoms with E-state index in [1.54, 1.807) is 18.3 Å². The van der Waals surface area contributed by atoms with Crippen LogP contribution in [0.2, 0.25) is 0 Å². The zero-order valence-corrected chi connectivity index (χ0v) is 12.6. The van der Waals surface area contributed by atoms with Gasteiger partial charge in [-0.25, -0.2) is 0 Å². The van der Waals surface area contributed by atoms with Crippen molar-refractivity contribution in [1.29, 1.82) is 0 Å². The van der Waals surface area contributed by atoms with Crippen molar-refractivity contribution in [2.24, 2.45) is 0 Å². The molecule has 102 valence electrons. The molecule has 1 amide bonds. The highest BCUT2D eigenvalue weighted by Gasteiger charge is 2.16. The molecule has 0 fully saturated rings. The maximum atomic E-state index is 12.2. The second-order valence-corrected chi connectivity index (χ2v) is 5.23. The normalized spacial score (nSPS) is 10.1. The molecule has 0 aliphatic rings. The Morgan fingerprint density at radius 1 is 1.40 bits per heavy atom. The summed E-state index contributed by atoms with van der Waals surface area (Å²) in [5.74, 6) is -0.394. The Balaban J connectivity index is 2.32. The van der Waals surface area contributed by atoms with Crippen molar-refractivity contribution in [3.05, 3.63) is 61.5 Å². The van der Waals surface area contributed by atoms with Crippen molar-refractivity contribution < 1.29 is 9.72 Å². The third kappa shape index (κ3) is 3.10. The van der Waals surface area contributed by atoms with E-state index >= 15 is 0 Å². The highest BCUT2D eigenvalue weighted by molar-refractivity contribution is 14.1. The largest absolute Gasteiger partial charge is 0.320 e. The Bertz CT molecular complexity index is 688. The predicted octanol–water partition coefficient (Wildman–Crippen LogP) is 3.16. The van der Waals surface area contributed by atoms with Gasteiger partial charge < -0.3 is 5.32 Å². The molecule has 0 atom stereocenters. The van der Waals surface area contributed by atoms with Gasteiger partial charge in [-0.1, -0.05) is 0 Å². The first-order valence-electron chi connectivity index (χ1n) is 5.65. The number of benzene rings is 1. The van der Waals surface area contributed by atoms with E-state index in [1.165, 1.54) is 18.3 Å². The first-order chi connectivity index (χ1) is 9.49. The van der Waals surface area contributed by atoms with Gasteiger partial charge in [0.15, 0.2) is 0 Å². The molecule has 1 N–H and O–H groups in total. The fraction of sp³-hybridized carbons (Fsp3) is 0.0769. The zero-order chi connectivity index (χ0) is 14.7. The zero-order valence-electron chi connectivity index (χ0n) is 10.5. The minimum atomic E-state index is -0.526. The number of carbonyl (C=O) groups excluding carboxylic acids is 1. The van der Waals surface area contributed by atoms with Crippen molar-refractivity contribution >= 4 is 39.9 Å². The third-order valence-electron chi connectivity index (χ3n) is 2.69. The number of anilines is 1. The number of pyridine rings is 1. The summed E-state index contributed by atoms with van der Waals surface area (Å²) in [4.78, 5) is 26.4. The first-order valence-corrected chi connectivity index (χ1v) is 6.73. The average molecular weight is 383 g/mol. The fourth-order valence-corrected chi connectivity index (χ4v) is 2.17. The van der Waals surface area contributed by atoms with Crippen molar-refractivity contribution in [2.45, 2.75) is 6.92 Å². The molecular weight excluding hydrogens is 373 g/mol. The van der Waals surface area contributed by atoms with Gasteiger partial charge in [0, 0.05) is 21.9 Å². The van der Waals surface area contributed by atoms with Crippen LogP contribution in [0.4, 0.5) is 11.4 Å². The van der Waals surface area contributed by atoms with Gasteiger partial charge in [-0.2, -0.15) is 0 Å². The van der Waals surface area contributed by atoms with E-state index in [-0.39, 0.29) is 11.3 Å². The molecule has 0 aliphatic heterocycles. The van der Waals surface area contributed by atoms with Crippen molar-refractivity contribution in [3.63, 3.8) is 0 Å². The van der Waals surface area contributed by atoms with Gasteiger partial charge in [-0.3, -0.25) is 19.9 Å². The molecule has 0 saturated heterocycles. The Morgan fingerprint density at radius 2 is 2.15 bits per heavy atom. The average Bonchev–Trinajstić information content (AvgIpc) is 2.41. The number of hydrogen-bond donors (Lipinski definition) is 1. The lowest BCUT2D eigenvalue weighted by Gasteiger charge is -2.08. The number of amides is 1. The number of non-ortho nitro benzene ring substituents is 1. The summed E-state index contributed by atoms with van der Waals surface area (Å²) in [7, 11) is 0. The maximum absolute atomic E-state index is 12.2. The van der Waals surface area contributed by atoms with Crippen LogP contribution in [0.1, 0.15) is 15.9 Å². The molecule has 20 heavy (non-hydrogen) atoms. The molecule has 0 aliphatic carbocycles. The summed E-state index contributed by atoms with van der Waals surface area (Å²) >= 11 is 1.97. The van der Waals surface area contributed by atoms with E-state index in [0.29, 0.717) is 9.26 Å².